The summed E-state index contributed by atoms with van der Waals surface area (Å²) in [6.07, 6.45) is 2.82. The normalized spacial score (nSPS) is 15.1. The Morgan fingerprint density at radius 3 is 2.30 bits per heavy atom. The molecule has 0 unspecified atom stereocenters. The first kappa shape index (κ1) is 14.4. The number of carbonyl (C=O) groups is 1. The lowest BCUT2D eigenvalue weighted by Crippen LogP contribution is -2.46. The highest BCUT2D eigenvalue weighted by molar-refractivity contribution is 5.88. The van der Waals surface area contributed by atoms with Crippen LogP contribution in [0.25, 0.3) is 0 Å². The summed E-state index contributed by atoms with van der Waals surface area (Å²) >= 11 is 0. The number of ether oxygens (including phenoxy) is 1. The number of benzene rings is 1. The van der Waals surface area contributed by atoms with Crippen LogP contribution in [-0.4, -0.2) is 17.7 Å². The first-order valence-corrected chi connectivity index (χ1v) is 6.93. The molecule has 0 spiro atoms. The average Bonchev–Trinajstić information content (AvgIpc) is 2.31. The Hall–Kier alpha value is -2.02. The molecule has 0 bridgehead atoms. The van der Waals surface area contributed by atoms with Crippen molar-refractivity contribution in [1.29, 1.82) is 5.26 Å². The van der Waals surface area contributed by atoms with Crippen LogP contribution in [-0.2, 0) is 4.74 Å². The van der Waals surface area contributed by atoms with E-state index in [4.69, 9.17) is 10.00 Å². The topological polar surface area (TPSA) is 53.3 Å². The summed E-state index contributed by atoms with van der Waals surface area (Å²) < 4.78 is 5.49. The molecule has 0 saturated heterocycles. The minimum Gasteiger partial charge on any atom is -0.443 e. The predicted octanol–water partition coefficient (Wildman–Crippen LogP) is 3.85. The van der Waals surface area contributed by atoms with Gasteiger partial charge in [0.2, 0.25) is 0 Å². The molecule has 4 heteroatoms. The number of amides is 1. The number of nitriles is 1. The summed E-state index contributed by atoms with van der Waals surface area (Å²) in [5, 5.41) is 8.84. The Kier molecular flexibility index (Phi) is 3.99. The maximum absolute atomic E-state index is 12.4. The Morgan fingerprint density at radius 2 is 1.90 bits per heavy atom. The van der Waals surface area contributed by atoms with E-state index in [2.05, 4.69) is 6.07 Å². The van der Waals surface area contributed by atoms with Crippen LogP contribution in [0.15, 0.2) is 24.3 Å². The second-order valence-corrected chi connectivity index (χ2v) is 6.09. The van der Waals surface area contributed by atoms with Gasteiger partial charge < -0.3 is 4.74 Å². The molecule has 1 aliphatic carbocycles. The molecule has 1 aliphatic rings. The first-order valence-electron chi connectivity index (χ1n) is 6.93. The molecule has 0 aromatic heterocycles. The molecule has 1 fully saturated rings. The van der Waals surface area contributed by atoms with Crippen molar-refractivity contribution in [2.75, 3.05) is 4.90 Å². The van der Waals surface area contributed by atoms with Crippen molar-refractivity contribution in [1.82, 2.24) is 0 Å². The fourth-order valence-corrected chi connectivity index (χ4v) is 2.12. The van der Waals surface area contributed by atoms with Crippen molar-refractivity contribution in [2.24, 2.45) is 0 Å². The zero-order valence-electron chi connectivity index (χ0n) is 12.2. The third-order valence-corrected chi connectivity index (χ3v) is 3.30. The van der Waals surface area contributed by atoms with Crippen LogP contribution in [0.2, 0.25) is 0 Å². The molecule has 20 heavy (non-hydrogen) atoms. The van der Waals surface area contributed by atoms with Crippen LogP contribution in [0, 0.1) is 11.3 Å². The molecule has 0 atom stereocenters. The van der Waals surface area contributed by atoms with Gasteiger partial charge >= 0.3 is 6.09 Å². The highest BCUT2D eigenvalue weighted by Gasteiger charge is 2.33. The number of carbonyl (C=O) groups excluding carboxylic acids is 1. The zero-order valence-corrected chi connectivity index (χ0v) is 12.2. The summed E-state index contributed by atoms with van der Waals surface area (Å²) in [6.45, 7) is 5.59. The summed E-state index contributed by atoms with van der Waals surface area (Å²) in [5.41, 5.74) is 0.875. The quantitative estimate of drug-likeness (QED) is 0.821. The Morgan fingerprint density at radius 1 is 1.30 bits per heavy atom. The van der Waals surface area contributed by atoms with Gasteiger partial charge in [0.05, 0.1) is 11.6 Å². The molecule has 0 aliphatic heterocycles. The summed E-state index contributed by atoms with van der Waals surface area (Å²) in [5.74, 6) is 0. The Bertz CT molecular complexity index is 519. The van der Waals surface area contributed by atoms with Gasteiger partial charge in [-0.25, -0.2) is 4.79 Å². The van der Waals surface area contributed by atoms with Gasteiger partial charge in [0.25, 0.3) is 0 Å². The van der Waals surface area contributed by atoms with Gasteiger partial charge in [0.1, 0.15) is 5.60 Å². The van der Waals surface area contributed by atoms with Gasteiger partial charge in [-0.15, -0.1) is 0 Å². The highest BCUT2D eigenvalue weighted by Crippen LogP contribution is 2.31. The highest BCUT2D eigenvalue weighted by atomic mass is 16.6. The molecular weight excluding hydrogens is 252 g/mol. The minimum absolute atomic E-state index is 0.206. The van der Waals surface area contributed by atoms with Gasteiger partial charge in [0.15, 0.2) is 0 Å². The standard InChI is InChI=1S/C16H20N2O2/c1-16(2,3)20-15(19)18(13-5-4-6-13)14-9-7-12(11-17)8-10-14/h7-10,13H,4-6H2,1-3H3. The van der Waals surface area contributed by atoms with Crippen LogP contribution in [0.4, 0.5) is 10.5 Å². The number of rotatable bonds is 2. The molecule has 4 nitrogen and oxygen atoms in total. The second kappa shape index (κ2) is 5.54. The minimum atomic E-state index is -0.508. The van der Waals surface area contributed by atoms with Crippen LogP contribution in [0.5, 0.6) is 0 Å². The van der Waals surface area contributed by atoms with Crippen LogP contribution < -0.4 is 4.90 Å². The number of hydrogen-bond acceptors (Lipinski definition) is 3. The van der Waals surface area contributed by atoms with E-state index in [1.165, 1.54) is 0 Å². The first-order chi connectivity index (χ1) is 9.40. The smallest absolute Gasteiger partial charge is 0.415 e. The van der Waals surface area contributed by atoms with Crippen LogP contribution in [0.3, 0.4) is 0 Å². The van der Waals surface area contributed by atoms with Crippen molar-refractivity contribution >= 4 is 11.8 Å². The van der Waals surface area contributed by atoms with E-state index >= 15 is 0 Å². The fourth-order valence-electron chi connectivity index (χ4n) is 2.12. The van der Waals surface area contributed by atoms with Gasteiger partial charge in [0, 0.05) is 11.7 Å². The van der Waals surface area contributed by atoms with Crippen LogP contribution in [0.1, 0.15) is 45.6 Å². The van der Waals surface area contributed by atoms with Crippen molar-refractivity contribution in [3.05, 3.63) is 29.8 Å². The summed E-state index contributed by atoms with van der Waals surface area (Å²) in [6, 6.07) is 9.36. The maximum atomic E-state index is 12.4. The molecule has 0 N–H and O–H groups in total. The molecule has 1 amide bonds. The number of anilines is 1. The molecule has 2 rings (SSSR count). The predicted molar refractivity (Wildman–Crippen MR) is 77.5 cm³/mol. The van der Waals surface area contributed by atoms with Crippen LogP contribution >= 0.6 is 0 Å². The molecule has 1 aromatic rings. The van der Waals surface area contributed by atoms with Crippen molar-refractivity contribution in [3.63, 3.8) is 0 Å². The van der Waals surface area contributed by atoms with E-state index in [-0.39, 0.29) is 12.1 Å². The Balaban J connectivity index is 2.23. The zero-order chi connectivity index (χ0) is 14.8. The average molecular weight is 272 g/mol. The van der Waals surface area contributed by atoms with Gasteiger partial charge in [-0.3, -0.25) is 4.90 Å². The molecule has 106 valence electrons. The van der Waals surface area contributed by atoms with E-state index in [1.807, 2.05) is 20.8 Å². The van der Waals surface area contributed by atoms with E-state index in [0.717, 1.165) is 24.9 Å². The molecule has 1 saturated carbocycles. The molecule has 0 heterocycles. The largest absolute Gasteiger partial charge is 0.443 e. The van der Waals surface area contributed by atoms with Crippen molar-refractivity contribution < 1.29 is 9.53 Å². The van der Waals surface area contributed by atoms with E-state index in [9.17, 15) is 4.79 Å². The molecule has 0 radical (unpaired) electrons. The fraction of sp³-hybridized carbons (Fsp3) is 0.500. The number of nitrogens with zero attached hydrogens (tertiary/aromatic N) is 2. The number of hydrogen-bond donors (Lipinski definition) is 0. The van der Waals surface area contributed by atoms with E-state index in [1.54, 1.807) is 29.2 Å². The lowest BCUT2D eigenvalue weighted by atomic mass is 9.91. The third kappa shape index (κ3) is 3.30. The lowest BCUT2D eigenvalue weighted by molar-refractivity contribution is 0.0549. The van der Waals surface area contributed by atoms with E-state index < -0.39 is 5.60 Å². The molecular formula is C16H20N2O2. The van der Waals surface area contributed by atoms with Crippen molar-refractivity contribution in [3.8, 4) is 6.07 Å². The monoisotopic (exact) mass is 272 g/mol. The third-order valence-electron chi connectivity index (χ3n) is 3.30. The second-order valence-electron chi connectivity index (χ2n) is 6.09. The van der Waals surface area contributed by atoms with E-state index in [0.29, 0.717) is 5.56 Å². The summed E-state index contributed by atoms with van der Waals surface area (Å²) in [4.78, 5) is 14.1. The maximum Gasteiger partial charge on any atom is 0.415 e. The molecule has 1 aromatic carbocycles. The van der Waals surface area contributed by atoms with Crippen molar-refractivity contribution in [2.45, 2.75) is 51.7 Å². The SMILES string of the molecule is CC(C)(C)OC(=O)N(c1ccc(C#N)cc1)C1CCC1. The van der Waals surface area contributed by atoms with Gasteiger partial charge in [-0.05, 0) is 64.3 Å². The van der Waals surface area contributed by atoms with Gasteiger partial charge in [-0.1, -0.05) is 0 Å². The summed E-state index contributed by atoms with van der Waals surface area (Å²) in [7, 11) is 0. The Labute approximate surface area is 120 Å². The lowest BCUT2D eigenvalue weighted by Gasteiger charge is -2.38. The van der Waals surface area contributed by atoms with Gasteiger partial charge in [-0.2, -0.15) is 5.26 Å².